The van der Waals surface area contributed by atoms with E-state index in [1.807, 2.05) is 18.2 Å². The van der Waals surface area contributed by atoms with Gasteiger partial charge in [0.15, 0.2) is 12.1 Å². The average Bonchev–Trinajstić information content (AvgIpc) is 3.55. The Labute approximate surface area is 241 Å². The van der Waals surface area contributed by atoms with Gasteiger partial charge < -0.3 is 20.3 Å². The predicted octanol–water partition coefficient (Wildman–Crippen LogP) is 3.53. The van der Waals surface area contributed by atoms with Crippen LogP contribution in [0.25, 0.3) is 21.8 Å². The van der Waals surface area contributed by atoms with E-state index in [-0.39, 0.29) is 17.7 Å². The largest absolute Gasteiger partial charge is 0.463 e. The second kappa shape index (κ2) is 12.5. The Bertz CT molecular complexity index is 1570. The van der Waals surface area contributed by atoms with Gasteiger partial charge >= 0.3 is 6.01 Å². The van der Waals surface area contributed by atoms with Crippen molar-refractivity contribution in [3.63, 3.8) is 0 Å². The summed E-state index contributed by atoms with van der Waals surface area (Å²) in [6, 6.07) is 8.14. The lowest BCUT2D eigenvalue weighted by Gasteiger charge is -2.38. The molecule has 2 N–H and O–H groups in total. The van der Waals surface area contributed by atoms with Crippen LogP contribution in [0.4, 0.5) is 15.8 Å². The number of ether oxygens (including phenoxy) is 1. The summed E-state index contributed by atoms with van der Waals surface area (Å²) >= 11 is 0. The SMILES string of the molecule is CC1CN(c2ccc(C=O)c3nc(OCC4CCS(=O)C4)ncc23)C[C@@H](C)N1.CNc1cc(F)c2nn(C)cc2c1. The molecule has 2 fully saturated rings. The normalized spacial score (nSPS) is 22.4. The number of aryl methyl sites for hydroxylation is 1. The van der Waals surface area contributed by atoms with Crippen LogP contribution in [-0.4, -0.2) is 80.6 Å². The van der Waals surface area contributed by atoms with Gasteiger partial charge in [-0.05, 0) is 44.5 Å². The number of aromatic nitrogens is 4. The first-order chi connectivity index (χ1) is 19.7. The molecule has 6 rings (SSSR count). The van der Waals surface area contributed by atoms with E-state index in [0.717, 1.165) is 53.7 Å². The predicted molar refractivity (Wildman–Crippen MR) is 161 cm³/mol. The maximum atomic E-state index is 13.3. The number of hydrogen-bond acceptors (Lipinski definition) is 9. The summed E-state index contributed by atoms with van der Waals surface area (Å²) in [5, 5.41) is 12.1. The van der Waals surface area contributed by atoms with Gasteiger partial charge in [-0.25, -0.2) is 9.37 Å². The molecule has 4 atom stereocenters. The minimum atomic E-state index is -0.728. The number of halogens is 1. The highest BCUT2D eigenvalue weighted by Crippen LogP contribution is 2.30. The van der Waals surface area contributed by atoms with Crippen molar-refractivity contribution < 1.29 is 18.1 Å². The lowest BCUT2D eigenvalue weighted by atomic mass is 10.1. The molecule has 4 heterocycles. The molecular formula is C29H36FN7O3S. The summed E-state index contributed by atoms with van der Waals surface area (Å²) in [5.74, 6) is 1.41. The van der Waals surface area contributed by atoms with Crippen LogP contribution in [0.3, 0.4) is 0 Å². The molecule has 0 spiro atoms. The number of benzene rings is 2. The van der Waals surface area contributed by atoms with Crippen molar-refractivity contribution in [3.05, 3.63) is 48.0 Å². The van der Waals surface area contributed by atoms with Crippen LogP contribution in [-0.2, 0) is 17.8 Å². The van der Waals surface area contributed by atoms with Gasteiger partial charge in [-0.1, -0.05) is 0 Å². The Hall–Kier alpha value is -3.64. The highest BCUT2D eigenvalue weighted by molar-refractivity contribution is 7.85. The van der Waals surface area contributed by atoms with Crippen molar-refractivity contribution in [2.24, 2.45) is 13.0 Å². The summed E-state index contributed by atoms with van der Waals surface area (Å²) in [4.78, 5) is 22.8. The number of nitrogens with zero attached hydrogens (tertiary/aromatic N) is 5. The first-order valence-corrected chi connectivity index (χ1v) is 15.3. The molecule has 0 bridgehead atoms. The first-order valence-electron chi connectivity index (χ1n) is 13.8. The Morgan fingerprint density at radius 2 is 2.00 bits per heavy atom. The molecule has 2 saturated heterocycles. The topological polar surface area (TPSA) is 114 Å². The molecule has 2 aliphatic heterocycles. The van der Waals surface area contributed by atoms with Crippen LogP contribution in [0.1, 0.15) is 30.6 Å². The fourth-order valence-electron chi connectivity index (χ4n) is 5.48. The molecule has 10 nitrogen and oxygen atoms in total. The Morgan fingerprint density at radius 1 is 1.22 bits per heavy atom. The maximum absolute atomic E-state index is 13.3. The van der Waals surface area contributed by atoms with Crippen LogP contribution in [0, 0.1) is 11.7 Å². The minimum absolute atomic E-state index is 0.271. The first kappa shape index (κ1) is 28.9. The van der Waals surface area contributed by atoms with Gasteiger partial charge in [0.1, 0.15) is 5.52 Å². The quantitative estimate of drug-likeness (QED) is 0.330. The van der Waals surface area contributed by atoms with E-state index in [1.165, 1.54) is 6.07 Å². The Morgan fingerprint density at radius 3 is 2.68 bits per heavy atom. The summed E-state index contributed by atoms with van der Waals surface area (Å²) in [5.41, 5.74) is 3.37. The molecule has 2 aromatic carbocycles. The molecule has 0 amide bonds. The molecule has 41 heavy (non-hydrogen) atoms. The van der Waals surface area contributed by atoms with Crippen molar-refractivity contribution >= 4 is 50.3 Å². The van der Waals surface area contributed by atoms with Gasteiger partial charge in [0.25, 0.3) is 0 Å². The minimum Gasteiger partial charge on any atom is -0.463 e. The summed E-state index contributed by atoms with van der Waals surface area (Å²) < 4.78 is 32.2. The molecule has 12 heteroatoms. The van der Waals surface area contributed by atoms with Gasteiger partial charge in [-0.2, -0.15) is 10.1 Å². The fraction of sp³-hybridized carbons (Fsp3) is 0.448. The monoisotopic (exact) mass is 581 g/mol. The third kappa shape index (κ3) is 6.65. The van der Waals surface area contributed by atoms with Crippen molar-refractivity contribution in [2.45, 2.75) is 32.4 Å². The highest BCUT2D eigenvalue weighted by atomic mass is 32.2. The van der Waals surface area contributed by atoms with Crippen LogP contribution in [0.15, 0.2) is 36.7 Å². The van der Waals surface area contributed by atoms with Crippen LogP contribution < -0.4 is 20.3 Å². The van der Waals surface area contributed by atoms with E-state index in [1.54, 1.807) is 31.2 Å². The molecule has 3 unspecified atom stereocenters. The Kier molecular flexibility index (Phi) is 8.79. The number of anilines is 2. The number of carbonyl (C=O) groups is 1. The molecule has 2 aromatic heterocycles. The van der Waals surface area contributed by atoms with Crippen molar-refractivity contribution in [1.82, 2.24) is 25.1 Å². The van der Waals surface area contributed by atoms with Crippen LogP contribution >= 0.6 is 0 Å². The van der Waals surface area contributed by atoms with Crippen molar-refractivity contribution in [3.8, 4) is 6.01 Å². The Balaban J connectivity index is 0.000000216. The number of nitrogens with one attached hydrogen (secondary N) is 2. The van der Waals surface area contributed by atoms with E-state index >= 15 is 0 Å². The van der Waals surface area contributed by atoms with Gasteiger partial charge in [-0.3, -0.25) is 13.7 Å². The number of fused-ring (bicyclic) bond motifs is 2. The van der Waals surface area contributed by atoms with Crippen molar-refractivity contribution in [1.29, 1.82) is 0 Å². The fourth-order valence-corrected chi connectivity index (χ4v) is 7.03. The zero-order chi connectivity index (χ0) is 29.1. The molecule has 0 saturated carbocycles. The third-order valence-corrected chi connectivity index (χ3v) is 8.88. The lowest BCUT2D eigenvalue weighted by Crippen LogP contribution is -2.54. The zero-order valence-electron chi connectivity index (χ0n) is 23.8. The van der Waals surface area contributed by atoms with E-state index in [0.29, 0.717) is 41.0 Å². The number of aldehydes is 1. The molecular weight excluding hydrogens is 545 g/mol. The average molecular weight is 582 g/mol. The molecule has 0 radical (unpaired) electrons. The highest BCUT2D eigenvalue weighted by Gasteiger charge is 2.24. The van der Waals surface area contributed by atoms with E-state index in [4.69, 9.17) is 4.74 Å². The van der Waals surface area contributed by atoms with Gasteiger partial charge in [-0.15, -0.1) is 0 Å². The van der Waals surface area contributed by atoms with Crippen LogP contribution in [0.2, 0.25) is 0 Å². The number of carbonyl (C=O) groups excluding carboxylic acids is 1. The standard InChI is InChI=1S/C20H26N4O3S.C9H10FN3/c1-13-8-24(9-14(2)22-13)18-4-3-16(10-25)19-17(18)7-21-20(23-19)27-11-15-5-6-28(26)12-15;1-11-7-3-6-5-13(2)12-9(6)8(10)4-7/h3-4,7,10,13-15,22H,5-6,8-9,11-12H2,1-2H3;3-5,11H,1-2H3/t13-,14?,15?,28?;/m1./s1. The molecule has 218 valence electrons. The van der Waals surface area contributed by atoms with Crippen LogP contribution in [0.5, 0.6) is 6.01 Å². The second-order valence-electron chi connectivity index (χ2n) is 10.8. The van der Waals surface area contributed by atoms with Gasteiger partial charge in [0, 0.05) is 108 Å². The smallest absolute Gasteiger partial charge is 0.316 e. The third-order valence-electron chi connectivity index (χ3n) is 7.35. The van der Waals surface area contributed by atoms with Gasteiger partial charge in [0.05, 0.1) is 12.1 Å². The second-order valence-corrected chi connectivity index (χ2v) is 12.4. The molecule has 2 aliphatic rings. The van der Waals surface area contributed by atoms with E-state index in [2.05, 4.69) is 44.4 Å². The summed E-state index contributed by atoms with van der Waals surface area (Å²) in [6.07, 6.45) is 5.28. The molecule has 4 aromatic rings. The summed E-state index contributed by atoms with van der Waals surface area (Å²) in [6.45, 7) is 6.57. The zero-order valence-corrected chi connectivity index (χ0v) is 24.6. The number of hydrogen-bond donors (Lipinski definition) is 2. The maximum Gasteiger partial charge on any atom is 0.316 e. The summed E-state index contributed by atoms with van der Waals surface area (Å²) in [7, 11) is 2.81. The van der Waals surface area contributed by atoms with E-state index in [9.17, 15) is 13.4 Å². The van der Waals surface area contributed by atoms with E-state index < -0.39 is 10.8 Å². The molecule has 0 aliphatic carbocycles. The van der Waals surface area contributed by atoms with Gasteiger partial charge in [0.2, 0.25) is 0 Å². The number of rotatable bonds is 6. The lowest BCUT2D eigenvalue weighted by molar-refractivity contribution is 0.112. The number of piperazine rings is 1. The van der Waals surface area contributed by atoms with Crippen molar-refractivity contribution in [2.75, 3.05) is 48.5 Å².